The van der Waals surface area contributed by atoms with E-state index in [0.29, 0.717) is 19.5 Å². The second kappa shape index (κ2) is 8.74. The monoisotopic (exact) mass is 418 g/mol. The van der Waals surface area contributed by atoms with Gasteiger partial charge in [0, 0.05) is 25.9 Å². The van der Waals surface area contributed by atoms with Crippen LogP contribution in [-0.4, -0.2) is 73.6 Å². The van der Waals surface area contributed by atoms with Crippen molar-refractivity contribution in [2.75, 3.05) is 27.2 Å². The average molecular weight is 419 g/mol. The van der Waals surface area contributed by atoms with Gasteiger partial charge in [0.1, 0.15) is 5.60 Å². The molecule has 0 aromatic heterocycles. The summed E-state index contributed by atoms with van der Waals surface area (Å²) in [5.41, 5.74) is -0.528. The molecule has 0 spiro atoms. The molecule has 1 fully saturated rings. The summed E-state index contributed by atoms with van der Waals surface area (Å²) < 4.78 is 12.2. The number of ether oxygens (including phenoxy) is 1. The van der Waals surface area contributed by atoms with Crippen LogP contribution in [0, 0.1) is 0 Å². The van der Waals surface area contributed by atoms with E-state index in [1.807, 2.05) is 20.8 Å². The SMILES string of the molecule is CN(C)C(=O)SC1CCN(C(=O)OC(C)(C)C)CC1O[Si](C)(C)C(C)(C)C. The minimum absolute atomic E-state index is 0.0227. The second-order valence-corrected chi connectivity index (χ2v) is 15.9. The van der Waals surface area contributed by atoms with Gasteiger partial charge in [-0.3, -0.25) is 4.79 Å². The van der Waals surface area contributed by atoms with Crippen LogP contribution in [0.4, 0.5) is 9.59 Å². The fraction of sp³-hybridized carbons (Fsp3) is 0.895. The Balaban J connectivity index is 2.97. The standard InChI is InChI=1S/C19H38N2O4SSi/c1-18(2,3)24-16(22)21-12-11-15(26-17(23)20(7)8)14(13-21)25-27(9,10)19(4,5)6/h14-15H,11-13H2,1-10H3. The predicted molar refractivity (Wildman–Crippen MR) is 115 cm³/mol. The Kier molecular flexibility index (Phi) is 7.87. The van der Waals surface area contributed by atoms with Crippen molar-refractivity contribution in [2.45, 2.75) is 83.1 Å². The zero-order chi connectivity index (χ0) is 21.2. The Bertz CT molecular complexity index is 541. The van der Waals surface area contributed by atoms with Crippen LogP contribution in [-0.2, 0) is 9.16 Å². The molecule has 1 aliphatic rings. The number of nitrogens with zero attached hydrogens (tertiary/aromatic N) is 2. The minimum atomic E-state index is -2.04. The van der Waals surface area contributed by atoms with Crippen LogP contribution in [0.3, 0.4) is 0 Å². The molecule has 27 heavy (non-hydrogen) atoms. The Morgan fingerprint density at radius 2 is 1.67 bits per heavy atom. The van der Waals surface area contributed by atoms with Gasteiger partial charge >= 0.3 is 6.09 Å². The molecule has 8 heteroatoms. The van der Waals surface area contributed by atoms with Gasteiger partial charge in [-0.1, -0.05) is 32.5 Å². The lowest BCUT2D eigenvalue weighted by atomic mass is 10.1. The molecule has 2 atom stereocenters. The lowest BCUT2D eigenvalue weighted by Gasteiger charge is -2.45. The molecule has 158 valence electrons. The van der Waals surface area contributed by atoms with Gasteiger partial charge in [0.2, 0.25) is 0 Å². The number of amides is 2. The molecule has 6 nitrogen and oxygen atoms in total. The fourth-order valence-corrected chi connectivity index (χ4v) is 4.86. The molecule has 0 aromatic rings. The number of likely N-dealkylation sites (tertiary alicyclic amines) is 1. The quantitative estimate of drug-likeness (QED) is 0.616. The minimum Gasteiger partial charge on any atom is -0.444 e. The smallest absolute Gasteiger partial charge is 0.410 e. The Morgan fingerprint density at radius 3 is 2.11 bits per heavy atom. The summed E-state index contributed by atoms with van der Waals surface area (Å²) in [4.78, 5) is 28.1. The molecular formula is C19H38N2O4SSi. The summed E-state index contributed by atoms with van der Waals surface area (Å²) in [6.45, 7) is 17.6. The van der Waals surface area contributed by atoms with Crippen LogP contribution in [0.2, 0.25) is 18.1 Å². The summed E-state index contributed by atoms with van der Waals surface area (Å²) in [6, 6.07) is 0. The van der Waals surface area contributed by atoms with E-state index in [1.54, 1.807) is 23.9 Å². The third-order valence-corrected chi connectivity index (χ3v) is 10.9. The van der Waals surface area contributed by atoms with Crippen molar-refractivity contribution in [1.29, 1.82) is 0 Å². The highest BCUT2D eigenvalue weighted by molar-refractivity contribution is 8.14. The molecule has 2 unspecified atom stereocenters. The van der Waals surface area contributed by atoms with Gasteiger partial charge in [0.25, 0.3) is 5.24 Å². The van der Waals surface area contributed by atoms with Gasteiger partial charge in [-0.2, -0.15) is 0 Å². The van der Waals surface area contributed by atoms with Crippen molar-refractivity contribution in [1.82, 2.24) is 9.80 Å². The lowest BCUT2D eigenvalue weighted by molar-refractivity contribution is 0.00726. The number of carbonyl (C=O) groups excluding carboxylic acids is 2. The molecule has 1 rings (SSSR count). The van der Waals surface area contributed by atoms with Gasteiger partial charge < -0.3 is 19.0 Å². The fourth-order valence-electron chi connectivity index (χ4n) is 2.43. The van der Waals surface area contributed by atoms with Gasteiger partial charge in [-0.05, 0) is 45.3 Å². The van der Waals surface area contributed by atoms with Gasteiger partial charge in [-0.15, -0.1) is 0 Å². The van der Waals surface area contributed by atoms with E-state index in [-0.39, 0.29) is 27.7 Å². The lowest BCUT2D eigenvalue weighted by Crippen LogP contribution is -2.55. The highest BCUT2D eigenvalue weighted by atomic mass is 32.2. The molecule has 1 heterocycles. The van der Waals surface area contributed by atoms with Gasteiger partial charge in [-0.25, -0.2) is 4.79 Å². The molecule has 2 amide bonds. The summed E-state index contributed by atoms with van der Waals surface area (Å²) in [5.74, 6) is 0. The van der Waals surface area contributed by atoms with E-state index in [1.165, 1.54) is 11.8 Å². The summed E-state index contributed by atoms with van der Waals surface area (Å²) >= 11 is 1.32. The molecule has 1 aliphatic heterocycles. The first-order valence-electron chi connectivity index (χ1n) is 9.57. The van der Waals surface area contributed by atoms with Crippen molar-refractivity contribution in [3.63, 3.8) is 0 Å². The first kappa shape index (κ1) is 24.3. The Hall–Kier alpha value is -0.733. The van der Waals surface area contributed by atoms with E-state index in [2.05, 4.69) is 33.9 Å². The second-order valence-electron chi connectivity index (χ2n) is 9.95. The van der Waals surface area contributed by atoms with Gasteiger partial charge in [0.05, 0.1) is 12.6 Å². The first-order chi connectivity index (χ1) is 12.0. The van der Waals surface area contributed by atoms with Gasteiger partial charge in [0.15, 0.2) is 8.32 Å². The summed E-state index contributed by atoms with van der Waals surface area (Å²) in [6.07, 6.45) is 0.220. The number of carbonyl (C=O) groups is 2. The normalized spacial score (nSPS) is 21.8. The van der Waals surface area contributed by atoms with Crippen LogP contribution in [0.25, 0.3) is 0 Å². The van der Waals surface area contributed by atoms with E-state index < -0.39 is 13.9 Å². The van der Waals surface area contributed by atoms with Crippen LogP contribution < -0.4 is 0 Å². The summed E-state index contributed by atoms with van der Waals surface area (Å²) in [5, 5.41) is 0.115. The molecule has 0 saturated carbocycles. The van der Waals surface area contributed by atoms with Crippen LogP contribution >= 0.6 is 11.8 Å². The topological polar surface area (TPSA) is 59.1 Å². The van der Waals surface area contributed by atoms with E-state index >= 15 is 0 Å². The van der Waals surface area contributed by atoms with Crippen LogP contribution in [0.5, 0.6) is 0 Å². The van der Waals surface area contributed by atoms with E-state index in [9.17, 15) is 9.59 Å². The van der Waals surface area contributed by atoms with Crippen LogP contribution in [0.15, 0.2) is 0 Å². The maximum atomic E-state index is 12.5. The average Bonchev–Trinajstić information content (AvgIpc) is 2.45. The molecule has 1 saturated heterocycles. The molecule has 0 radical (unpaired) electrons. The molecular weight excluding hydrogens is 380 g/mol. The van der Waals surface area contributed by atoms with Crippen molar-refractivity contribution < 1.29 is 18.8 Å². The Morgan fingerprint density at radius 1 is 1.11 bits per heavy atom. The molecule has 0 aliphatic carbocycles. The molecule has 0 bridgehead atoms. The van der Waals surface area contributed by atoms with Crippen molar-refractivity contribution in [3.05, 3.63) is 0 Å². The summed E-state index contributed by atoms with van der Waals surface area (Å²) in [7, 11) is 1.48. The number of rotatable bonds is 3. The maximum Gasteiger partial charge on any atom is 0.410 e. The van der Waals surface area contributed by atoms with E-state index in [4.69, 9.17) is 9.16 Å². The number of hydrogen-bond donors (Lipinski definition) is 0. The molecule has 0 N–H and O–H groups in total. The van der Waals surface area contributed by atoms with E-state index in [0.717, 1.165) is 0 Å². The van der Waals surface area contributed by atoms with Crippen LogP contribution in [0.1, 0.15) is 48.0 Å². The van der Waals surface area contributed by atoms with Crippen molar-refractivity contribution in [3.8, 4) is 0 Å². The highest BCUT2D eigenvalue weighted by Gasteiger charge is 2.44. The predicted octanol–water partition coefficient (Wildman–Crippen LogP) is 4.80. The number of thioether (sulfide) groups is 1. The third kappa shape index (κ3) is 7.31. The zero-order valence-electron chi connectivity index (χ0n) is 18.7. The van der Waals surface area contributed by atoms with Crippen molar-refractivity contribution >= 4 is 31.4 Å². The van der Waals surface area contributed by atoms with Crippen molar-refractivity contribution in [2.24, 2.45) is 0 Å². The highest BCUT2D eigenvalue weighted by Crippen LogP contribution is 2.40. The number of piperidine rings is 1. The third-order valence-electron chi connectivity index (χ3n) is 5.02. The Labute approximate surface area is 170 Å². The largest absolute Gasteiger partial charge is 0.444 e. The molecule has 0 aromatic carbocycles. The number of hydrogen-bond acceptors (Lipinski definition) is 5. The maximum absolute atomic E-state index is 12.5. The zero-order valence-corrected chi connectivity index (χ0v) is 20.5. The first-order valence-corrected chi connectivity index (χ1v) is 13.4.